The number of benzene rings is 2. The molecule has 2 aromatic rings. The van der Waals surface area contributed by atoms with Gasteiger partial charge in [-0.25, -0.2) is 4.79 Å². The average molecular weight is 336 g/mol. The minimum atomic E-state index is -0.923. The molecule has 25 heavy (non-hydrogen) atoms. The summed E-state index contributed by atoms with van der Waals surface area (Å²) in [5.41, 5.74) is 1.96. The molecule has 1 atom stereocenters. The van der Waals surface area contributed by atoms with Crippen molar-refractivity contribution in [3.8, 4) is 5.75 Å². The molecule has 1 aliphatic carbocycles. The van der Waals surface area contributed by atoms with E-state index < -0.39 is 5.54 Å². The van der Waals surface area contributed by atoms with Crippen LogP contribution >= 0.6 is 0 Å². The molecule has 5 heteroatoms. The van der Waals surface area contributed by atoms with Crippen molar-refractivity contribution in [3.05, 3.63) is 65.2 Å². The first-order chi connectivity index (χ1) is 12.2. The van der Waals surface area contributed by atoms with Crippen LogP contribution in [-0.2, 0) is 23.3 Å². The van der Waals surface area contributed by atoms with Crippen LogP contribution in [0.25, 0.3) is 0 Å². The number of fused-ring (bicyclic) bond motifs is 2. The maximum atomic E-state index is 13.3. The van der Waals surface area contributed by atoms with Gasteiger partial charge in [0.05, 0.1) is 13.7 Å². The number of para-hydroxylation sites is 1. The van der Waals surface area contributed by atoms with Gasteiger partial charge in [-0.05, 0) is 36.5 Å². The lowest BCUT2D eigenvalue weighted by Gasteiger charge is -2.33. The monoisotopic (exact) mass is 336 g/mol. The van der Waals surface area contributed by atoms with E-state index in [1.165, 1.54) is 4.90 Å². The maximum Gasteiger partial charge on any atom is 0.325 e. The Bertz CT molecular complexity index is 848. The molecule has 1 saturated heterocycles. The Kier molecular flexibility index (Phi) is 3.71. The average Bonchev–Trinajstić information content (AvgIpc) is 2.87. The van der Waals surface area contributed by atoms with Crippen molar-refractivity contribution in [1.82, 2.24) is 10.2 Å². The van der Waals surface area contributed by atoms with Gasteiger partial charge in [-0.2, -0.15) is 0 Å². The second kappa shape index (κ2) is 5.92. The fourth-order valence-electron chi connectivity index (χ4n) is 3.96. The van der Waals surface area contributed by atoms with Crippen molar-refractivity contribution in [2.45, 2.75) is 31.3 Å². The molecule has 0 bridgehead atoms. The lowest BCUT2D eigenvalue weighted by atomic mass is 9.76. The lowest BCUT2D eigenvalue weighted by molar-refractivity contribution is -0.132. The summed E-state index contributed by atoms with van der Waals surface area (Å²) < 4.78 is 5.35. The zero-order chi connectivity index (χ0) is 17.4. The lowest BCUT2D eigenvalue weighted by Crippen LogP contribution is -2.46. The summed E-state index contributed by atoms with van der Waals surface area (Å²) in [6.45, 7) is 0.207. The van der Waals surface area contributed by atoms with Crippen molar-refractivity contribution in [2.75, 3.05) is 7.11 Å². The summed E-state index contributed by atoms with van der Waals surface area (Å²) in [7, 11) is 1.59. The number of carbonyl (C=O) groups excluding carboxylic acids is 2. The highest BCUT2D eigenvalue weighted by atomic mass is 16.5. The summed E-state index contributed by atoms with van der Waals surface area (Å²) in [6, 6.07) is 15.0. The van der Waals surface area contributed by atoms with Crippen LogP contribution in [0.2, 0.25) is 0 Å². The Morgan fingerprint density at radius 2 is 1.88 bits per heavy atom. The van der Waals surface area contributed by atoms with Gasteiger partial charge in [0.2, 0.25) is 0 Å². The first-order valence-corrected chi connectivity index (χ1v) is 8.50. The molecule has 5 nitrogen and oxygen atoms in total. The topological polar surface area (TPSA) is 58.6 Å². The number of hydrogen-bond acceptors (Lipinski definition) is 3. The van der Waals surface area contributed by atoms with Crippen LogP contribution in [0, 0.1) is 0 Å². The number of hydrogen-bond donors (Lipinski definition) is 1. The number of methoxy groups -OCH3 is 1. The van der Waals surface area contributed by atoms with E-state index in [9.17, 15) is 9.59 Å². The third kappa shape index (κ3) is 2.38. The van der Waals surface area contributed by atoms with Gasteiger partial charge in [0.25, 0.3) is 5.91 Å². The number of amides is 3. The zero-order valence-electron chi connectivity index (χ0n) is 14.1. The van der Waals surface area contributed by atoms with E-state index in [0.29, 0.717) is 12.2 Å². The van der Waals surface area contributed by atoms with Gasteiger partial charge in [0.1, 0.15) is 11.3 Å². The van der Waals surface area contributed by atoms with Crippen molar-refractivity contribution >= 4 is 11.9 Å². The third-order valence-electron chi connectivity index (χ3n) is 5.17. The molecule has 0 unspecified atom stereocenters. The molecule has 2 aromatic carbocycles. The Labute approximate surface area is 146 Å². The Morgan fingerprint density at radius 3 is 2.72 bits per heavy atom. The fourth-order valence-corrected chi connectivity index (χ4v) is 3.96. The second-order valence-corrected chi connectivity index (χ2v) is 6.55. The van der Waals surface area contributed by atoms with Gasteiger partial charge >= 0.3 is 6.03 Å². The molecule has 4 rings (SSSR count). The largest absolute Gasteiger partial charge is 0.496 e. The summed E-state index contributed by atoms with van der Waals surface area (Å²) in [5, 5.41) is 2.98. The summed E-state index contributed by atoms with van der Waals surface area (Å²) >= 11 is 0. The van der Waals surface area contributed by atoms with Crippen LogP contribution in [0.1, 0.15) is 29.5 Å². The quantitative estimate of drug-likeness (QED) is 0.877. The SMILES string of the molecule is COc1ccccc1CN1C(=O)N[C@]2(CCCc3ccccc32)C1=O. The van der Waals surface area contributed by atoms with Crippen molar-refractivity contribution in [2.24, 2.45) is 0 Å². The van der Waals surface area contributed by atoms with Crippen LogP contribution in [0.3, 0.4) is 0 Å². The standard InChI is InChI=1S/C20H20N2O3/c1-25-17-11-5-3-8-15(17)13-22-18(23)20(21-19(22)24)12-6-9-14-7-2-4-10-16(14)20/h2-5,7-8,10-11H,6,9,12-13H2,1H3,(H,21,24)/t20-/m0/s1. The molecule has 128 valence electrons. The summed E-state index contributed by atoms with van der Waals surface area (Å²) in [4.78, 5) is 27.2. The van der Waals surface area contributed by atoms with Crippen molar-refractivity contribution in [1.29, 1.82) is 0 Å². The Morgan fingerprint density at radius 1 is 1.12 bits per heavy atom. The molecule has 0 aromatic heterocycles. The van der Waals surface area contributed by atoms with E-state index in [-0.39, 0.29) is 18.5 Å². The number of carbonyl (C=O) groups is 2. The van der Waals surface area contributed by atoms with Crippen molar-refractivity contribution < 1.29 is 14.3 Å². The van der Waals surface area contributed by atoms with Crippen LogP contribution in [-0.4, -0.2) is 23.9 Å². The van der Waals surface area contributed by atoms with Gasteiger partial charge in [0, 0.05) is 5.56 Å². The predicted molar refractivity (Wildman–Crippen MR) is 93.1 cm³/mol. The molecule has 3 amide bonds. The van der Waals surface area contributed by atoms with Gasteiger partial charge < -0.3 is 10.1 Å². The first-order valence-electron chi connectivity index (χ1n) is 8.50. The van der Waals surface area contributed by atoms with Crippen LogP contribution in [0.5, 0.6) is 5.75 Å². The number of nitrogens with one attached hydrogen (secondary N) is 1. The van der Waals surface area contributed by atoms with E-state index in [1.54, 1.807) is 7.11 Å². The van der Waals surface area contributed by atoms with Crippen LogP contribution in [0.4, 0.5) is 4.79 Å². The van der Waals surface area contributed by atoms with E-state index >= 15 is 0 Å². The van der Waals surface area contributed by atoms with Gasteiger partial charge in [-0.3, -0.25) is 9.69 Å². The molecule has 2 aliphatic rings. The van der Waals surface area contributed by atoms with Gasteiger partial charge in [-0.15, -0.1) is 0 Å². The highest BCUT2D eigenvalue weighted by Crippen LogP contribution is 2.40. The van der Waals surface area contributed by atoms with Gasteiger partial charge in [0.15, 0.2) is 0 Å². The molecule has 1 heterocycles. The van der Waals surface area contributed by atoms with Crippen LogP contribution in [0.15, 0.2) is 48.5 Å². The highest BCUT2D eigenvalue weighted by Gasteiger charge is 2.53. The summed E-state index contributed by atoms with van der Waals surface area (Å²) in [5.74, 6) is 0.503. The maximum absolute atomic E-state index is 13.3. The van der Waals surface area contributed by atoms with Crippen molar-refractivity contribution in [3.63, 3.8) is 0 Å². The molecule has 0 saturated carbocycles. The van der Waals surface area contributed by atoms with E-state index in [1.807, 2.05) is 48.5 Å². The number of nitrogens with zero attached hydrogens (tertiary/aromatic N) is 1. The fraction of sp³-hybridized carbons (Fsp3) is 0.300. The van der Waals surface area contributed by atoms with Gasteiger partial charge in [-0.1, -0.05) is 42.5 Å². The minimum Gasteiger partial charge on any atom is -0.496 e. The smallest absolute Gasteiger partial charge is 0.325 e. The summed E-state index contributed by atoms with van der Waals surface area (Å²) in [6.07, 6.45) is 2.45. The molecular weight excluding hydrogens is 316 g/mol. The predicted octanol–water partition coefficient (Wildman–Crippen LogP) is 2.98. The number of imide groups is 1. The molecule has 0 radical (unpaired) electrons. The normalized spacial score (nSPS) is 22.0. The third-order valence-corrected chi connectivity index (χ3v) is 5.17. The molecule has 1 aliphatic heterocycles. The number of aryl methyl sites for hydroxylation is 1. The molecule has 1 fully saturated rings. The van der Waals surface area contributed by atoms with Crippen LogP contribution < -0.4 is 10.1 Å². The Balaban J connectivity index is 1.70. The van der Waals surface area contributed by atoms with E-state index in [4.69, 9.17) is 4.74 Å². The molecule has 1 spiro atoms. The number of rotatable bonds is 3. The second-order valence-electron chi connectivity index (χ2n) is 6.55. The number of ether oxygens (including phenoxy) is 1. The Hall–Kier alpha value is -2.82. The highest BCUT2D eigenvalue weighted by molar-refractivity contribution is 6.07. The van der Waals surface area contributed by atoms with E-state index in [2.05, 4.69) is 5.32 Å². The number of urea groups is 1. The molecular formula is C20H20N2O3. The zero-order valence-corrected chi connectivity index (χ0v) is 14.1. The first kappa shape index (κ1) is 15.7. The minimum absolute atomic E-state index is 0.171. The van der Waals surface area contributed by atoms with E-state index in [0.717, 1.165) is 29.5 Å². The molecule has 1 N–H and O–H groups in total.